The van der Waals surface area contributed by atoms with Gasteiger partial charge in [0.15, 0.2) is 0 Å². The first kappa shape index (κ1) is 25.6. The van der Waals surface area contributed by atoms with Gasteiger partial charge in [-0.05, 0) is 48.4 Å². The van der Waals surface area contributed by atoms with Gasteiger partial charge in [-0.15, -0.1) is 6.42 Å². The molecule has 1 aliphatic heterocycles. The predicted octanol–water partition coefficient (Wildman–Crippen LogP) is 3.97. The number of hydrogen-bond donors (Lipinski definition) is 1. The Hall–Kier alpha value is -3.04. The molecule has 1 aromatic rings. The summed E-state index contributed by atoms with van der Waals surface area (Å²) in [6.07, 6.45) is 15.9. The minimum atomic E-state index is -0.420. The van der Waals surface area contributed by atoms with Crippen molar-refractivity contribution in [1.82, 2.24) is 10.2 Å². The molecule has 1 aliphatic carbocycles. The lowest BCUT2D eigenvalue weighted by molar-refractivity contribution is -0.134. The molecule has 34 heavy (non-hydrogen) atoms. The quantitative estimate of drug-likeness (QED) is 0.444. The first-order valence-corrected chi connectivity index (χ1v) is 12.0. The fourth-order valence-corrected chi connectivity index (χ4v) is 5.06. The maximum Gasteiger partial charge on any atom is 0.299 e. The summed E-state index contributed by atoms with van der Waals surface area (Å²) < 4.78 is 10.5. The highest BCUT2D eigenvalue weighted by atomic mass is 16.5. The number of benzene rings is 1. The van der Waals surface area contributed by atoms with Crippen molar-refractivity contribution < 1.29 is 19.1 Å². The molecule has 1 N–H and O–H groups in total. The zero-order valence-corrected chi connectivity index (χ0v) is 20.7. The summed E-state index contributed by atoms with van der Waals surface area (Å²) in [4.78, 5) is 27.6. The molecule has 0 spiro atoms. The minimum Gasteiger partial charge on any atom is -0.497 e. The predicted molar refractivity (Wildman–Crippen MR) is 133 cm³/mol. The number of rotatable bonds is 9. The van der Waals surface area contributed by atoms with Gasteiger partial charge in [-0.1, -0.05) is 51.0 Å². The molecule has 182 valence electrons. The molecule has 2 aliphatic rings. The summed E-state index contributed by atoms with van der Waals surface area (Å²) in [5.74, 6) is 2.78. The number of amides is 2. The number of ether oxygens (including phenoxy) is 2. The molecular weight excluding hydrogens is 428 g/mol. The van der Waals surface area contributed by atoms with E-state index in [1.165, 1.54) is 5.56 Å². The molecule has 1 heterocycles. The molecular formula is C28H36N2O4. The second-order valence-corrected chi connectivity index (χ2v) is 9.28. The maximum atomic E-state index is 13.1. The molecule has 0 radical (unpaired) electrons. The average molecular weight is 465 g/mol. The molecule has 0 fully saturated rings. The second kappa shape index (κ2) is 11.4. The SMILES string of the molecule is C#CC(=O)N1[C@@H](CCCC)Cc2cc(OC)ccc2[C@@H]1C1(C)C=CC(C(=O)NCCOC)=CC1. The summed E-state index contributed by atoms with van der Waals surface area (Å²) in [6, 6.07) is 5.86. The molecule has 0 bridgehead atoms. The first-order chi connectivity index (χ1) is 16.4. The lowest BCUT2D eigenvalue weighted by Gasteiger charge is -2.50. The van der Waals surface area contributed by atoms with Crippen LogP contribution in [-0.4, -0.2) is 50.1 Å². The summed E-state index contributed by atoms with van der Waals surface area (Å²) in [7, 11) is 3.27. The molecule has 6 heteroatoms. The van der Waals surface area contributed by atoms with Gasteiger partial charge < -0.3 is 19.7 Å². The normalized spacial score (nSPS) is 23.5. The highest BCUT2D eigenvalue weighted by Crippen LogP contribution is 2.50. The highest BCUT2D eigenvalue weighted by Gasteiger charge is 2.46. The molecule has 0 saturated carbocycles. The van der Waals surface area contributed by atoms with Gasteiger partial charge in [0.05, 0.1) is 19.8 Å². The Labute approximate surface area is 203 Å². The van der Waals surface area contributed by atoms with Crippen molar-refractivity contribution in [2.75, 3.05) is 27.4 Å². The summed E-state index contributed by atoms with van der Waals surface area (Å²) in [6.45, 7) is 5.21. The van der Waals surface area contributed by atoms with Crippen molar-refractivity contribution in [2.45, 2.75) is 58.0 Å². The van der Waals surface area contributed by atoms with Crippen molar-refractivity contribution in [3.05, 3.63) is 53.1 Å². The number of allylic oxidation sites excluding steroid dienone is 1. The van der Waals surface area contributed by atoms with E-state index >= 15 is 0 Å². The van der Waals surface area contributed by atoms with Crippen molar-refractivity contribution in [1.29, 1.82) is 0 Å². The number of carbonyl (C=O) groups is 2. The fraction of sp³-hybridized carbons (Fsp3) is 0.500. The van der Waals surface area contributed by atoms with E-state index in [2.05, 4.69) is 43.3 Å². The Kier molecular flexibility index (Phi) is 8.57. The monoisotopic (exact) mass is 464 g/mol. The van der Waals surface area contributed by atoms with Crippen LogP contribution in [0.15, 0.2) is 42.0 Å². The molecule has 1 unspecified atom stereocenters. The van der Waals surface area contributed by atoms with Gasteiger partial charge in [0.1, 0.15) is 5.75 Å². The largest absolute Gasteiger partial charge is 0.497 e. The van der Waals surface area contributed by atoms with E-state index in [4.69, 9.17) is 15.9 Å². The molecule has 3 atom stereocenters. The van der Waals surface area contributed by atoms with Crippen molar-refractivity contribution >= 4 is 11.8 Å². The van der Waals surface area contributed by atoms with E-state index < -0.39 is 5.41 Å². The van der Waals surface area contributed by atoms with Crippen LogP contribution in [0.1, 0.15) is 56.7 Å². The molecule has 0 saturated heterocycles. The van der Waals surface area contributed by atoms with Crippen LogP contribution in [-0.2, 0) is 20.7 Å². The standard InChI is InChI=1S/C28H36N2O4/c1-6-8-9-22-18-21-19-23(34-5)10-11-24(21)26(30(22)25(31)7-2)28(3)14-12-20(13-15-28)27(32)29-16-17-33-4/h2,10-14,19,22,26H,6,8-9,15-18H2,1,3-5H3,(H,29,32)/t22-,26+,28?/m0/s1. The number of nitrogens with zero attached hydrogens (tertiary/aromatic N) is 1. The topological polar surface area (TPSA) is 67.9 Å². The van der Waals surface area contributed by atoms with Gasteiger partial charge >= 0.3 is 0 Å². The van der Waals surface area contributed by atoms with E-state index in [0.29, 0.717) is 25.1 Å². The van der Waals surface area contributed by atoms with Crippen LogP contribution in [0.2, 0.25) is 0 Å². The number of nitrogens with one attached hydrogen (secondary N) is 1. The van der Waals surface area contributed by atoms with Crippen molar-refractivity contribution in [3.8, 4) is 18.1 Å². The van der Waals surface area contributed by atoms with E-state index in [1.807, 2.05) is 23.1 Å². The molecule has 6 nitrogen and oxygen atoms in total. The van der Waals surface area contributed by atoms with E-state index in [1.54, 1.807) is 14.2 Å². The van der Waals surface area contributed by atoms with Gasteiger partial charge in [0.2, 0.25) is 0 Å². The van der Waals surface area contributed by atoms with Crippen LogP contribution < -0.4 is 10.1 Å². The van der Waals surface area contributed by atoms with Crippen LogP contribution in [0.4, 0.5) is 0 Å². The van der Waals surface area contributed by atoms with Gasteiger partial charge in [-0.25, -0.2) is 0 Å². The molecule has 3 rings (SSSR count). The summed E-state index contributed by atoms with van der Waals surface area (Å²) >= 11 is 0. The number of hydrogen-bond acceptors (Lipinski definition) is 4. The molecule has 2 amide bonds. The number of methoxy groups -OCH3 is 2. The van der Waals surface area contributed by atoms with E-state index in [0.717, 1.165) is 37.0 Å². The fourth-order valence-electron chi connectivity index (χ4n) is 5.06. The zero-order valence-electron chi connectivity index (χ0n) is 20.7. The van der Waals surface area contributed by atoms with Crippen molar-refractivity contribution in [3.63, 3.8) is 0 Å². The Morgan fingerprint density at radius 2 is 2.12 bits per heavy atom. The van der Waals surface area contributed by atoms with Crippen LogP contribution in [0, 0.1) is 17.8 Å². The lowest BCUT2D eigenvalue weighted by Crippen LogP contribution is -2.52. The maximum absolute atomic E-state index is 13.1. The number of carbonyl (C=O) groups excluding carboxylic acids is 2. The Balaban J connectivity index is 1.99. The number of terminal acetylenes is 1. The lowest BCUT2D eigenvalue weighted by atomic mass is 9.68. The molecule has 1 aromatic carbocycles. The Morgan fingerprint density at radius 1 is 1.32 bits per heavy atom. The van der Waals surface area contributed by atoms with Crippen LogP contribution in [0.5, 0.6) is 5.75 Å². The third kappa shape index (κ3) is 5.37. The number of unbranched alkanes of at least 4 members (excludes halogenated alkanes) is 1. The van der Waals surface area contributed by atoms with Gasteiger partial charge in [-0.2, -0.15) is 0 Å². The van der Waals surface area contributed by atoms with Gasteiger partial charge in [-0.3, -0.25) is 9.59 Å². The summed E-state index contributed by atoms with van der Waals surface area (Å²) in [5, 5.41) is 2.87. The zero-order chi connectivity index (χ0) is 24.7. The first-order valence-electron chi connectivity index (χ1n) is 12.0. The highest BCUT2D eigenvalue weighted by molar-refractivity contribution is 5.96. The van der Waals surface area contributed by atoms with Gasteiger partial charge in [0.25, 0.3) is 11.8 Å². The van der Waals surface area contributed by atoms with E-state index in [9.17, 15) is 9.59 Å². The third-order valence-corrected chi connectivity index (χ3v) is 6.90. The smallest absolute Gasteiger partial charge is 0.299 e. The summed E-state index contributed by atoms with van der Waals surface area (Å²) in [5.41, 5.74) is 2.48. The Morgan fingerprint density at radius 3 is 2.74 bits per heavy atom. The minimum absolute atomic E-state index is 0.0149. The average Bonchev–Trinajstić information content (AvgIpc) is 2.86. The third-order valence-electron chi connectivity index (χ3n) is 6.90. The molecule has 0 aromatic heterocycles. The van der Waals surface area contributed by atoms with Crippen LogP contribution in [0.3, 0.4) is 0 Å². The van der Waals surface area contributed by atoms with Crippen LogP contribution in [0.25, 0.3) is 0 Å². The van der Waals surface area contributed by atoms with Crippen molar-refractivity contribution in [2.24, 2.45) is 5.41 Å². The number of fused-ring (bicyclic) bond motifs is 1. The van der Waals surface area contributed by atoms with E-state index in [-0.39, 0.29) is 23.9 Å². The van der Waals surface area contributed by atoms with Crippen LogP contribution >= 0.6 is 0 Å². The second-order valence-electron chi connectivity index (χ2n) is 9.28. The van der Waals surface area contributed by atoms with Gasteiger partial charge in [0, 0.05) is 30.7 Å². The Bertz CT molecular complexity index is 1010.